The summed E-state index contributed by atoms with van der Waals surface area (Å²) in [7, 11) is 0.119. The second kappa shape index (κ2) is 6.21. The van der Waals surface area contributed by atoms with Crippen LogP contribution in [0.4, 0.5) is 16.2 Å². The summed E-state index contributed by atoms with van der Waals surface area (Å²) in [6.07, 6.45) is 0.581. The van der Waals surface area contributed by atoms with Gasteiger partial charge in [0.15, 0.2) is 9.84 Å². The van der Waals surface area contributed by atoms with Gasteiger partial charge in [-0.3, -0.25) is 0 Å². The number of rotatable bonds is 4. The maximum atomic E-state index is 11.5. The third-order valence-electron chi connectivity index (χ3n) is 3.23. The molecule has 0 radical (unpaired) electrons. The largest absolute Gasteiger partial charge is 0.497 e. The molecule has 0 spiro atoms. The highest BCUT2D eigenvalue weighted by Gasteiger charge is 2.27. The molecule has 0 bridgehead atoms. The average Bonchev–Trinajstić information content (AvgIpc) is 2.77. The molecule has 7 nitrogen and oxygen atoms in total. The van der Waals surface area contributed by atoms with Crippen molar-refractivity contribution < 1.29 is 17.9 Å². The van der Waals surface area contributed by atoms with Crippen LogP contribution in [0.1, 0.15) is 6.42 Å². The lowest BCUT2D eigenvalue weighted by Gasteiger charge is -2.15. The van der Waals surface area contributed by atoms with Crippen LogP contribution in [0.5, 0.6) is 5.75 Å². The molecular formula is C13H19N3O4S. The molecule has 2 rings (SSSR count). The first-order valence-electron chi connectivity index (χ1n) is 6.56. The fourth-order valence-electron chi connectivity index (χ4n) is 2.21. The van der Waals surface area contributed by atoms with Crippen molar-refractivity contribution in [1.82, 2.24) is 5.32 Å². The minimum atomic E-state index is -2.94. The van der Waals surface area contributed by atoms with Gasteiger partial charge in [-0.1, -0.05) is 0 Å². The number of ether oxygens (including phenoxy) is 1. The molecule has 116 valence electrons. The highest BCUT2D eigenvalue weighted by Crippen LogP contribution is 2.26. The van der Waals surface area contributed by atoms with Crippen molar-refractivity contribution in [3.8, 4) is 5.75 Å². The summed E-state index contributed by atoms with van der Waals surface area (Å²) >= 11 is 0. The fourth-order valence-corrected chi connectivity index (χ4v) is 3.88. The van der Waals surface area contributed by atoms with E-state index in [1.807, 2.05) is 0 Å². The topological polar surface area (TPSA) is 96.5 Å². The van der Waals surface area contributed by atoms with Gasteiger partial charge in [0.1, 0.15) is 5.75 Å². The Balaban J connectivity index is 2.15. The van der Waals surface area contributed by atoms with Crippen molar-refractivity contribution in [3.05, 3.63) is 18.2 Å². The zero-order chi connectivity index (χ0) is 15.5. The lowest BCUT2D eigenvalue weighted by molar-refractivity contribution is 0.254. The van der Waals surface area contributed by atoms with Crippen LogP contribution >= 0.6 is 0 Å². The molecule has 1 aliphatic heterocycles. The summed E-state index contributed by atoms with van der Waals surface area (Å²) < 4.78 is 28.1. The lowest BCUT2D eigenvalue weighted by Crippen LogP contribution is -2.24. The van der Waals surface area contributed by atoms with Crippen LogP contribution in [0.25, 0.3) is 0 Å². The van der Waals surface area contributed by atoms with E-state index in [2.05, 4.69) is 16.0 Å². The first-order valence-corrected chi connectivity index (χ1v) is 8.39. The Kier molecular flexibility index (Phi) is 4.56. The van der Waals surface area contributed by atoms with Crippen LogP contribution in [-0.2, 0) is 9.84 Å². The molecular weight excluding hydrogens is 294 g/mol. The normalized spacial score (nSPS) is 19.8. The molecule has 0 aliphatic carbocycles. The van der Waals surface area contributed by atoms with E-state index in [0.717, 1.165) is 0 Å². The third-order valence-corrected chi connectivity index (χ3v) is 5.00. The molecule has 1 aromatic rings. The zero-order valence-electron chi connectivity index (χ0n) is 12.0. The molecule has 1 fully saturated rings. The van der Waals surface area contributed by atoms with Gasteiger partial charge in [0.25, 0.3) is 0 Å². The predicted molar refractivity (Wildman–Crippen MR) is 81.8 cm³/mol. The molecule has 0 saturated carbocycles. The Bertz CT molecular complexity index is 630. The zero-order valence-corrected chi connectivity index (χ0v) is 12.8. The number of sulfone groups is 1. The standard InChI is InChI=1S/C13H19N3O4S/c1-14-13(17)16-11-5-10(6-12(7-11)20-2)15-9-3-4-21(18,19)8-9/h5-7,9,15H,3-4,8H2,1-2H3,(H2,14,16,17). The van der Waals surface area contributed by atoms with Crippen LogP contribution in [0.15, 0.2) is 18.2 Å². The summed E-state index contributed by atoms with van der Waals surface area (Å²) in [5.74, 6) is 0.910. The number of nitrogens with one attached hydrogen (secondary N) is 3. The number of benzene rings is 1. The number of anilines is 2. The van der Waals surface area contributed by atoms with Crippen molar-refractivity contribution in [2.75, 3.05) is 36.3 Å². The molecule has 1 heterocycles. The average molecular weight is 313 g/mol. The van der Waals surface area contributed by atoms with Gasteiger partial charge in [0, 0.05) is 36.6 Å². The van der Waals surface area contributed by atoms with E-state index >= 15 is 0 Å². The molecule has 0 aromatic heterocycles. The van der Waals surface area contributed by atoms with Gasteiger partial charge in [-0.15, -0.1) is 0 Å². The van der Waals surface area contributed by atoms with E-state index in [9.17, 15) is 13.2 Å². The predicted octanol–water partition coefficient (Wildman–Crippen LogP) is 1.05. The molecule has 1 unspecified atom stereocenters. The van der Waals surface area contributed by atoms with Gasteiger partial charge in [0.2, 0.25) is 0 Å². The SMILES string of the molecule is CNC(=O)Nc1cc(NC2CCS(=O)(=O)C2)cc(OC)c1. The minimum Gasteiger partial charge on any atom is -0.497 e. The highest BCUT2D eigenvalue weighted by molar-refractivity contribution is 7.91. The summed E-state index contributed by atoms with van der Waals surface area (Å²) in [6.45, 7) is 0. The van der Waals surface area contributed by atoms with Crippen LogP contribution in [0.3, 0.4) is 0 Å². The lowest BCUT2D eigenvalue weighted by atomic mass is 10.2. The Morgan fingerprint density at radius 1 is 1.29 bits per heavy atom. The maximum Gasteiger partial charge on any atom is 0.318 e. The Labute approximate surface area is 124 Å². The minimum absolute atomic E-state index is 0.116. The van der Waals surface area contributed by atoms with Crippen LogP contribution in [0, 0.1) is 0 Å². The number of carbonyl (C=O) groups excluding carboxylic acids is 1. The molecule has 1 saturated heterocycles. The number of methoxy groups -OCH3 is 1. The Hall–Kier alpha value is -1.96. The van der Waals surface area contributed by atoms with Crippen molar-refractivity contribution in [2.24, 2.45) is 0 Å². The van der Waals surface area contributed by atoms with Crippen molar-refractivity contribution >= 4 is 27.2 Å². The second-order valence-corrected chi connectivity index (χ2v) is 7.13. The Morgan fingerprint density at radius 3 is 2.57 bits per heavy atom. The summed E-state index contributed by atoms with van der Waals surface area (Å²) in [4.78, 5) is 11.4. The fraction of sp³-hybridized carbons (Fsp3) is 0.462. The van der Waals surface area contributed by atoms with Gasteiger partial charge in [-0.25, -0.2) is 13.2 Å². The molecule has 2 amide bonds. The monoisotopic (exact) mass is 313 g/mol. The van der Waals surface area contributed by atoms with Gasteiger partial charge in [-0.2, -0.15) is 0 Å². The van der Waals surface area contributed by atoms with Crippen LogP contribution < -0.4 is 20.7 Å². The van der Waals surface area contributed by atoms with Gasteiger partial charge in [0.05, 0.1) is 18.6 Å². The molecule has 1 aromatic carbocycles. The van der Waals surface area contributed by atoms with Gasteiger partial charge in [-0.05, 0) is 12.5 Å². The van der Waals surface area contributed by atoms with Crippen molar-refractivity contribution in [2.45, 2.75) is 12.5 Å². The second-order valence-electron chi connectivity index (χ2n) is 4.90. The van der Waals surface area contributed by atoms with E-state index in [1.54, 1.807) is 18.2 Å². The van der Waals surface area contributed by atoms with E-state index in [-0.39, 0.29) is 23.6 Å². The van der Waals surface area contributed by atoms with Gasteiger partial charge >= 0.3 is 6.03 Å². The molecule has 21 heavy (non-hydrogen) atoms. The highest BCUT2D eigenvalue weighted by atomic mass is 32.2. The molecule has 1 atom stereocenters. The summed E-state index contributed by atoms with van der Waals surface area (Å²) in [5, 5.41) is 8.30. The molecule has 3 N–H and O–H groups in total. The van der Waals surface area contributed by atoms with Crippen molar-refractivity contribution in [1.29, 1.82) is 0 Å². The number of hydrogen-bond acceptors (Lipinski definition) is 5. The van der Waals surface area contributed by atoms with E-state index in [0.29, 0.717) is 23.5 Å². The number of urea groups is 1. The molecule has 1 aliphatic rings. The van der Waals surface area contributed by atoms with E-state index in [1.165, 1.54) is 14.2 Å². The van der Waals surface area contributed by atoms with Crippen molar-refractivity contribution in [3.63, 3.8) is 0 Å². The number of carbonyl (C=O) groups is 1. The number of hydrogen-bond donors (Lipinski definition) is 3. The first-order chi connectivity index (χ1) is 9.91. The number of amides is 2. The summed E-state index contributed by atoms with van der Waals surface area (Å²) in [6, 6.07) is 4.74. The molecule has 8 heteroatoms. The summed E-state index contributed by atoms with van der Waals surface area (Å²) in [5.41, 5.74) is 1.28. The van der Waals surface area contributed by atoms with Gasteiger partial charge < -0.3 is 20.7 Å². The first kappa shape index (κ1) is 15.4. The smallest absolute Gasteiger partial charge is 0.318 e. The van der Waals surface area contributed by atoms with Crippen LogP contribution in [0.2, 0.25) is 0 Å². The quantitative estimate of drug-likeness (QED) is 0.772. The van der Waals surface area contributed by atoms with E-state index in [4.69, 9.17) is 4.74 Å². The van der Waals surface area contributed by atoms with E-state index < -0.39 is 9.84 Å². The Morgan fingerprint density at radius 2 is 2.00 bits per heavy atom. The van der Waals surface area contributed by atoms with Crippen LogP contribution in [-0.4, -0.2) is 46.2 Å². The maximum absolute atomic E-state index is 11.5. The third kappa shape index (κ3) is 4.25.